The molecule has 0 unspecified atom stereocenters. The molecule has 0 spiro atoms. The topological polar surface area (TPSA) is 78.9 Å². The van der Waals surface area contributed by atoms with Crippen LogP contribution in [-0.2, 0) is 0 Å². The molecular weight excluding hydrogens is 250 g/mol. The third kappa shape index (κ3) is 5.15. The van der Waals surface area contributed by atoms with E-state index in [2.05, 4.69) is 42.6 Å². The van der Waals surface area contributed by atoms with Crippen LogP contribution in [0.1, 0.15) is 46.2 Å². The maximum absolute atomic E-state index is 7.65. The summed E-state index contributed by atoms with van der Waals surface area (Å²) in [5.74, 6) is 1.98. The highest BCUT2D eigenvalue weighted by atomic mass is 15.2. The van der Waals surface area contributed by atoms with Crippen LogP contribution in [0.15, 0.2) is 12.4 Å². The molecule has 0 saturated heterocycles. The number of nitrogens with zero attached hydrogens (tertiary/aromatic N) is 3. The maximum atomic E-state index is 7.65. The molecule has 0 aliphatic heterocycles. The molecule has 5 heteroatoms. The van der Waals surface area contributed by atoms with E-state index in [1.165, 1.54) is 0 Å². The highest BCUT2D eigenvalue weighted by molar-refractivity contribution is 5.97. The fourth-order valence-corrected chi connectivity index (χ4v) is 1.90. The predicted molar refractivity (Wildman–Crippen MR) is 84.2 cm³/mol. The summed E-state index contributed by atoms with van der Waals surface area (Å²) in [6.45, 7) is 10.7. The quantitative estimate of drug-likeness (QED) is 0.565. The van der Waals surface area contributed by atoms with Crippen molar-refractivity contribution >= 4 is 11.7 Å². The first-order valence-electron chi connectivity index (χ1n) is 7.32. The normalized spacial score (nSPS) is 11.1. The van der Waals surface area contributed by atoms with E-state index >= 15 is 0 Å². The number of aromatic nitrogens is 2. The predicted octanol–water partition coefficient (Wildman–Crippen LogP) is 2.66. The molecule has 3 N–H and O–H groups in total. The molecular formula is C15H27N5. The molecule has 0 atom stereocenters. The van der Waals surface area contributed by atoms with Crippen molar-refractivity contribution in [1.29, 1.82) is 5.41 Å². The number of hydrogen-bond acceptors (Lipinski definition) is 4. The van der Waals surface area contributed by atoms with Gasteiger partial charge in [0.05, 0.1) is 0 Å². The van der Waals surface area contributed by atoms with E-state index in [0.29, 0.717) is 17.5 Å². The first-order valence-corrected chi connectivity index (χ1v) is 7.32. The van der Waals surface area contributed by atoms with Gasteiger partial charge < -0.3 is 10.6 Å². The Labute approximate surface area is 122 Å². The number of nitrogens with one attached hydrogen (secondary N) is 1. The fourth-order valence-electron chi connectivity index (χ4n) is 1.90. The molecule has 0 aromatic carbocycles. The van der Waals surface area contributed by atoms with Crippen LogP contribution < -0.4 is 10.6 Å². The molecule has 1 aromatic rings. The summed E-state index contributed by atoms with van der Waals surface area (Å²) in [4.78, 5) is 10.8. The van der Waals surface area contributed by atoms with Gasteiger partial charge in [-0.2, -0.15) is 0 Å². The Balaban J connectivity index is 2.93. The summed E-state index contributed by atoms with van der Waals surface area (Å²) in [6.07, 6.45) is 5.43. The second-order valence-corrected chi connectivity index (χ2v) is 5.99. The van der Waals surface area contributed by atoms with Crippen molar-refractivity contribution in [2.75, 3.05) is 18.0 Å². The van der Waals surface area contributed by atoms with E-state index in [4.69, 9.17) is 11.1 Å². The van der Waals surface area contributed by atoms with Gasteiger partial charge >= 0.3 is 0 Å². The van der Waals surface area contributed by atoms with Crippen molar-refractivity contribution < 1.29 is 0 Å². The van der Waals surface area contributed by atoms with Gasteiger partial charge in [0.2, 0.25) is 0 Å². The van der Waals surface area contributed by atoms with E-state index in [1.54, 1.807) is 12.4 Å². The zero-order valence-electron chi connectivity index (χ0n) is 13.1. The largest absolute Gasteiger partial charge is 0.382 e. The lowest BCUT2D eigenvalue weighted by Crippen LogP contribution is -2.31. The molecule has 1 heterocycles. The van der Waals surface area contributed by atoms with Crippen molar-refractivity contribution in [1.82, 2.24) is 9.97 Å². The van der Waals surface area contributed by atoms with E-state index in [9.17, 15) is 0 Å². The molecule has 1 rings (SSSR count). The molecule has 112 valence electrons. The number of amidine groups is 1. The van der Waals surface area contributed by atoms with Crippen LogP contribution in [0, 0.1) is 17.2 Å². The number of anilines is 1. The fraction of sp³-hybridized carbons (Fsp3) is 0.667. The minimum Gasteiger partial charge on any atom is -0.382 e. The average Bonchev–Trinajstić information content (AvgIpc) is 2.38. The third-order valence-corrected chi connectivity index (χ3v) is 3.19. The van der Waals surface area contributed by atoms with Crippen molar-refractivity contribution in [2.45, 2.75) is 40.5 Å². The lowest BCUT2D eigenvalue weighted by Gasteiger charge is -2.26. The SMILES string of the molecule is CC(C)CCN(CCC(C)C)c1nccnc1C(=N)N. The molecule has 0 bridgehead atoms. The second-order valence-electron chi connectivity index (χ2n) is 5.99. The summed E-state index contributed by atoms with van der Waals surface area (Å²) >= 11 is 0. The molecule has 5 nitrogen and oxygen atoms in total. The third-order valence-electron chi connectivity index (χ3n) is 3.19. The number of hydrogen-bond donors (Lipinski definition) is 2. The zero-order chi connectivity index (χ0) is 15.1. The molecule has 1 aromatic heterocycles. The molecule has 0 fully saturated rings. The Bertz CT molecular complexity index is 416. The lowest BCUT2D eigenvalue weighted by atomic mass is 10.1. The number of nitrogens with two attached hydrogens (primary N) is 1. The highest BCUT2D eigenvalue weighted by Gasteiger charge is 2.16. The van der Waals surface area contributed by atoms with Gasteiger partial charge in [0, 0.05) is 25.5 Å². The molecule has 0 saturated carbocycles. The van der Waals surface area contributed by atoms with Crippen LogP contribution in [0.3, 0.4) is 0 Å². The van der Waals surface area contributed by atoms with Gasteiger partial charge in [-0.25, -0.2) is 9.97 Å². The van der Waals surface area contributed by atoms with Gasteiger partial charge in [-0.15, -0.1) is 0 Å². The summed E-state index contributed by atoms with van der Waals surface area (Å²) in [7, 11) is 0. The van der Waals surface area contributed by atoms with Crippen molar-refractivity contribution in [3.8, 4) is 0 Å². The zero-order valence-corrected chi connectivity index (χ0v) is 13.1. The molecule has 0 aliphatic rings. The van der Waals surface area contributed by atoms with E-state index < -0.39 is 0 Å². The van der Waals surface area contributed by atoms with E-state index in [0.717, 1.165) is 31.7 Å². The van der Waals surface area contributed by atoms with Gasteiger partial charge in [0.25, 0.3) is 0 Å². The van der Waals surface area contributed by atoms with Crippen molar-refractivity contribution in [3.05, 3.63) is 18.1 Å². The van der Waals surface area contributed by atoms with E-state index in [-0.39, 0.29) is 5.84 Å². The van der Waals surface area contributed by atoms with Gasteiger partial charge in [-0.3, -0.25) is 5.41 Å². The van der Waals surface area contributed by atoms with Gasteiger partial charge in [-0.1, -0.05) is 27.7 Å². The van der Waals surface area contributed by atoms with Gasteiger partial charge in [0.1, 0.15) is 11.5 Å². The smallest absolute Gasteiger partial charge is 0.158 e. The van der Waals surface area contributed by atoms with Crippen LogP contribution in [-0.4, -0.2) is 28.9 Å². The Kier molecular flexibility index (Phi) is 6.42. The van der Waals surface area contributed by atoms with Crippen LogP contribution in [0.5, 0.6) is 0 Å². The van der Waals surface area contributed by atoms with Crippen LogP contribution in [0.4, 0.5) is 5.82 Å². The highest BCUT2D eigenvalue weighted by Crippen LogP contribution is 2.18. The Morgan fingerprint density at radius 2 is 1.60 bits per heavy atom. The molecule has 20 heavy (non-hydrogen) atoms. The first-order chi connectivity index (χ1) is 9.41. The number of nitrogen functional groups attached to an aromatic ring is 1. The Hall–Kier alpha value is -1.65. The molecule has 0 amide bonds. The Morgan fingerprint density at radius 1 is 1.10 bits per heavy atom. The molecule has 0 radical (unpaired) electrons. The number of rotatable bonds is 8. The first kappa shape index (κ1) is 16.4. The van der Waals surface area contributed by atoms with Crippen LogP contribution >= 0.6 is 0 Å². The lowest BCUT2D eigenvalue weighted by molar-refractivity contribution is 0.532. The second kappa shape index (κ2) is 7.82. The summed E-state index contributed by atoms with van der Waals surface area (Å²) in [5.41, 5.74) is 6.10. The monoisotopic (exact) mass is 277 g/mol. The van der Waals surface area contributed by atoms with Gasteiger partial charge in [-0.05, 0) is 24.7 Å². The van der Waals surface area contributed by atoms with Crippen LogP contribution in [0.2, 0.25) is 0 Å². The van der Waals surface area contributed by atoms with E-state index in [1.807, 2.05) is 0 Å². The van der Waals surface area contributed by atoms with Crippen LogP contribution in [0.25, 0.3) is 0 Å². The summed E-state index contributed by atoms with van der Waals surface area (Å²) in [5, 5.41) is 7.65. The minimum atomic E-state index is -0.0211. The Morgan fingerprint density at radius 3 is 2.05 bits per heavy atom. The summed E-state index contributed by atoms with van der Waals surface area (Å²) in [6, 6.07) is 0. The maximum Gasteiger partial charge on any atom is 0.158 e. The molecule has 0 aliphatic carbocycles. The standard InChI is InChI=1S/C15H27N5/c1-11(2)5-9-20(10-6-12(3)4)15-13(14(16)17)18-7-8-19-15/h7-8,11-12H,5-6,9-10H2,1-4H3,(H3,16,17). The van der Waals surface area contributed by atoms with Crippen molar-refractivity contribution in [3.63, 3.8) is 0 Å². The van der Waals surface area contributed by atoms with Crippen molar-refractivity contribution in [2.24, 2.45) is 17.6 Å². The van der Waals surface area contributed by atoms with Gasteiger partial charge in [0.15, 0.2) is 5.82 Å². The minimum absolute atomic E-state index is 0.0211. The summed E-state index contributed by atoms with van der Waals surface area (Å²) < 4.78 is 0. The average molecular weight is 277 g/mol.